The van der Waals surface area contributed by atoms with Crippen LogP contribution in [0.2, 0.25) is 0 Å². The Hall–Kier alpha value is -1.02. The molecule has 6 heteroatoms. The van der Waals surface area contributed by atoms with Gasteiger partial charge in [0, 0.05) is 33.2 Å². The predicted octanol–water partition coefficient (Wildman–Crippen LogP) is 3.59. The van der Waals surface area contributed by atoms with E-state index in [1.807, 2.05) is 7.05 Å². The molecule has 1 aliphatic heterocycles. The van der Waals surface area contributed by atoms with Gasteiger partial charge in [-0.1, -0.05) is 18.6 Å². The quantitative estimate of drug-likeness (QED) is 0.277. The average Bonchev–Trinajstić information content (AvgIpc) is 3.06. The van der Waals surface area contributed by atoms with Crippen molar-refractivity contribution in [2.24, 2.45) is 10.4 Å². The van der Waals surface area contributed by atoms with Gasteiger partial charge in [-0.05, 0) is 62.9 Å². The zero-order chi connectivity index (χ0) is 18.4. The van der Waals surface area contributed by atoms with Crippen LogP contribution in [0.5, 0.6) is 5.75 Å². The third kappa shape index (κ3) is 6.24. The monoisotopic (exact) mass is 486 g/mol. The Bertz CT molecular complexity index is 599. The van der Waals surface area contributed by atoms with E-state index < -0.39 is 0 Å². The zero-order valence-corrected chi connectivity index (χ0v) is 19.4. The molecule has 1 heterocycles. The molecule has 3 rings (SSSR count). The van der Waals surface area contributed by atoms with Gasteiger partial charge in [-0.2, -0.15) is 0 Å². The number of halogens is 1. The molecule has 1 aromatic carbocycles. The lowest BCUT2D eigenvalue weighted by Crippen LogP contribution is -2.42. The third-order valence-electron chi connectivity index (χ3n) is 5.76. The molecule has 1 aromatic rings. The molecule has 0 unspecified atom stereocenters. The van der Waals surface area contributed by atoms with Gasteiger partial charge in [0.15, 0.2) is 5.96 Å². The normalized spacial score (nSPS) is 18.4. The van der Waals surface area contributed by atoms with Crippen LogP contribution in [0.1, 0.15) is 37.7 Å². The molecule has 0 amide bonds. The van der Waals surface area contributed by atoms with E-state index in [1.165, 1.54) is 37.8 Å². The Morgan fingerprint density at radius 2 is 1.96 bits per heavy atom. The molecule has 0 aromatic heterocycles. The Morgan fingerprint density at radius 3 is 2.52 bits per heavy atom. The SMILES string of the molecule is CN=C(NCc1ccc(OCCCN(C)C)cc1)N1CCC2(CCC2)C1.I. The fourth-order valence-corrected chi connectivity index (χ4v) is 3.99. The highest BCUT2D eigenvalue weighted by Gasteiger charge is 2.43. The molecule has 152 valence electrons. The number of ether oxygens (including phenoxy) is 1. The van der Waals surface area contributed by atoms with Crippen LogP contribution in [0.15, 0.2) is 29.3 Å². The Labute approximate surface area is 181 Å². The van der Waals surface area contributed by atoms with E-state index in [0.717, 1.165) is 44.4 Å². The molecule has 2 aliphatic rings. The maximum atomic E-state index is 5.80. The smallest absolute Gasteiger partial charge is 0.193 e. The number of nitrogens with zero attached hydrogens (tertiary/aromatic N) is 3. The van der Waals surface area contributed by atoms with Crippen molar-refractivity contribution in [3.05, 3.63) is 29.8 Å². The maximum Gasteiger partial charge on any atom is 0.193 e. The molecule has 0 atom stereocenters. The summed E-state index contributed by atoms with van der Waals surface area (Å²) in [5.41, 5.74) is 1.85. The number of likely N-dealkylation sites (tertiary alicyclic amines) is 1. The van der Waals surface area contributed by atoms with Crippen LogP contribution in [0, 0.1) is 5.41 Å². The molecule has 2 fully saturated rings. The number of aliphatic imine (C=N–C) groups is 1. The number of nitrogens with one attached hydrogen (secondary N) is 1. The van der Waals surface area contributed by atoms with Gasteiger partial charge in [-0.15, -0.1) is 24.0 Å². The second kappa shape index (κ2) is 10.5. The summed E-state index contributed by atoms with van der Waals surface area (Å²) in [4.78, 5) is 9.10. The van der Waals surface area contributed by atoms with Crippen molar-refractivity contribution in [2.75, 3.05) is 47.4 Å². The van der Waals surface area contributed by atoms with E-state index in [2.05, 4.69) is 58.5 Å². The Balaban J connectivity index is 0.00000261. The lowest BCUT2D eigenvalue weighted by molar-refractivity contribution is 0.151. The first kappa shape index (κ1) is 22.3. The third-order valence-corrected chi connectivity index (χ3v) is 5.76. The van der Waals surface area contributed by atoms with Crippen LogP contribution in [0.4, 0.5) is 0 Å². The molecular formula is C21H35IN4O. The second-order valence-corrected chi connectivity index (χ2v) is 8.08. The molecule has 0 radical (unpaired) electrons. The van der Waals surface area contributed by atoms with Gasteiger partial charge in [-0.3, -0.25) is 4.99 Å². The van der Waals surface area contributed by atoms with Crippen LogP contribution in [0.25, 0.3) is 0 Å². The minimum absolute atomic E-state index is 0. The van der Waals surface area contributed by atoms with Crippen molar-refractivity contribution in [3.63, 3.8) is 0 Å². The van der Waals surface area contributed by atoms with Gasteiger partial charge < -0.3 is 19.9 Å². The highest BCUT2D eigenvalue weighted by Crippen LogP contribution is 2.47. The van der Waals surface area contributed by atoms with E-state index in [0.29, 0.717) is 5.41 Å². The summed E-state index contributed by atoms with van der Waals surface area (Å²) < 4.78 is 5.80. The molecule has 1 saturated carbocycles. The summed E-state index contributed by atoms with van der Waals surface area (Å²) in [6.07, 6.45) is 6.58. The number of hydrogen-bond donors (Lipinski definition) is 1. The van der Waals surface area contributed by atoms with Gasteiger partial charge in [0.1, 0.15) is 5.75 Å². The van der Waals surface area contributed by atoms with Crippen LogP contribution < -0.4 is 10.1 Å². The second-order valence-electron chi connectivity index (χ2n) is 8.08. The summed E-state index contributed by atoms with van der Waals surface area (Å²) in [6.45, 7) is 4.93. The van der Waals surface area contributed by atoms with Gasteiger partial charge in [0.05, 0.1) is 6.61 Å². The van der Waals surface area contributed by atoms with E-state index in [9.17, 15) is 0 Å². The minimum atomic E-state index is 0. The van der Waals surface area contributed by atoms with Crippen LogP contribution in [-0.4, -0.2) is 63.1 Å². The lowest BCUT2D eigenvalue weighted by Gasteiger charge is -2.38. The molecular weight excluding hydrogens is 451 g/mol. The molecule has 1 aliphatic carbocycles. The van der Waals surface area contributed by atoms with Crippen molar-refractivity contribution in [2.45, 2.75) is 38.6 Å². The van der Waals surface area contributed by atoms with Crippen molar-refractivity contribution in [1.29, 1.82) is 0 Å². The van der Waals surface area contributed by atoms with Crippen molar-refractivity contribution in [3.8, 4) is 5.75 Å². The number of benzene rings is 1. The topological polar surface area (TPSA) is 40.1 Å². The fourth-order valence-electron chi connectivity index (χ4n) is 3.99. The fraction of sp³-hybridized carbons (Fsp3) is 0.667. The highest BCUT2D eigenvalue weighted by molar-refractivity contribution is 14.0. The van der Waals surface area contributed by atoms with E-state index in [1.54, 1.807) is 0 Å². The largest absolute Gasteiger partial charge is 0.494 e. The maximum absolute atomic E-state index is 5.80. The highest BCUT2D eigenvalue weighted by atomic mass is 127. The first-order valence-electron chi connectivity index (χ1n) is 9.92. The van der Waals surface area contributed by atoms with Crippen LogP contribution >= 0.6 is 24.0 Å². The zero-order valence-electron chi connectivity index (χ0n) is 17.0. The summed E-state index contributed by atoms with van der Waals surface area (Å²) >= 11 is 0. The average molecular weight is 486 g/mol. The van der Waals surface area contributed by atoms with E-state index >= 15 is 0 Å². The molecule has 5 nitrogen and oxygen atoms in total. The number of hydrogen-bond acceptors (Lipinski definition) is 3. The van der Waals surface area contributed by atoms with Gasteiger partial charge in [-0.25, -0.2) is 0 Å². The van der Waals surface area contributed by atoms with Gasteiger partial charge in [0.2, 0.25) is 0 Å². The molecule has 1 N–H and O–H groups in total. The molecule has 1 spiro atoms. The first-order valence-corrected chi connectivity index (χ1v) is 9.92. The van der Waals surface area contributed by atoms with Gasteiger partial charge >= 0.3 is 0 Å². The lowest BCUT2D eigenvalue weighted by atomic mass is 9.68. The van der Waals surface area contributed by atoms with E-state index in [-0.39, 0.29) is 24.0 Å². The van der Waals surface area contributed by atoms with Gasteiger partial charge in [0.25, 0.3) is 0 Å². The molecule has 27 heavy (non-hydrogen) atoms. The Morgan fingerprint density at radius 1 is 1.22 bits per heavy atom. The predicted molar refractivity (Wildman–Crippen MR) is 123 cm³/mol. The summed E-state index contributed by atoms with van der Waals surface area (Å²) in [5.74, 6) is 1.99. The summed E-state index contributed by atoms with van der Waals surface area (Å²) in [6, 6.07) is 8.40. The van der Waals surface area contributed by atoms with E-state index in [4.69, 9.17) is 4.74 Å². The first-order chi connectivity index (χ1) is 12.6. The molecule has 0 bridgehead atoms. The van der Waals surface area contributed by atoms with Crippen LogP contribution in [0.3, 0.4) is 0 Å². The van der Waals surface area contributed by atoms with Crippen molar-refractivity contribution in [1.82, 2.24) is 15.1 Å². The van der Waals surface area contributed by atoms with Crippen molar-refractivity contribution >= 4 is 29.9 Å². The Kier molecular flexibility index (Phi) is 8.66. The van der Waals surface area contributed by atoms with Crippen LogP contribution in [-0.2, 0) is 6.54 Å². The standard InChI is InChI=1S/C21H34N4O.HI/c1-22-20(25-14-12-21(17-25)10-4-11-21)23-16-18-6-8-19(9-7-18)26-15-5-13-24(2)3;/h6-9H,4-5,10-17H2,1-3H3,(H,22,23);1H. The van der Waals surface area contributed by atoms with Crippen molar-refractivity contribution < 1.29 is 4.74 Å². The summed E-state index contributed by atoms with van der Waals surface area (Å²) in [5, 5.41) is 3.53. The molecule has 1 saturated heterocycles. The minimum Gasteiger partial charge on any atom is -0.494 e. The number of guanidine groups is 1. The summed E-state index contributed by atoms with van der Waals surface area (Å²) in [7, 11) is 6.06. The number of rotatable bonds is 7.